The lowest BCUT2D eigenvalue weighted by atomic mass is 10.2. The van der Waals surface area contributed by atoms with Crippen LogP contribution in [0, 0.1) is 0 Å². The van der Waals surface area contributed by atoms with Crippen LogP contribution in [0.25, 0.3) is 0 Å². The van der Waals surface area contributed by atoms with E-state index in [0.717, 1.165) is 11.4 Å². The summed E-state index contributed by atoms with van der Waals surface area (Å²) in [6.45, 7) is 4.69. The van der Waals surface area contributed by atoms with Crippen molar-refractivity contribution in [3.05, 3.63) is 42.0 Å². The maximum absolute atomic E-state index is 12.5. The monoisotopic (exact) mass is 393 g/mol. The third-order valence-electron chi connectivity index (χ3n) is 4.23. The average Bonchev–Trinajstić information content (AvgIpc) is 3.06. The van der Waals surface area contributed by atoms with Crippen molar-refractivity contribution in [1.82, 2.24) is 29.7 Å². The fourth-order valence-electron chi connectivity index (χ4n) is 2.27. The molecular formula is C17H27N7O2S. The van der Waals surface area contributed by atoms with Gasteiger partial charge in [-0.3, -0.25) is 9.67 Å². The Hall–Kier alpha value is -2.46. The zero-order chi connectivity index (χ0) is 20.0. The summed E-state index contributed by atoms with van der Waals surface area (Å²) in [5, 5.41) is 10.4. The number of aliphatic imine (C=N–C) groups is 1. The summed E-state index contributed by atoms with van der Waals surface area (Å²) in [6, 6.07) is 6.75. The molecule has 10 heteroatoms. The molecule has 0 atom stereocenters. The van der Waals surface area contributed by atoms with Crippen LogP contribution in [-0.4, -0.2) is 53.6 Å². The van der Waals surface area contributed by atoms with Crippen LogP contribution in [0.15, 0.2) is 40.5 Å². The van der Waals surface area contributed by atoms with E-state index in [-0.39, 0.29) is 10.9 Å². The molecule has 0 aliphatic heterocycles. The summed E-state index contributed by atoms with van der Waals surface area (Å²) in [5.74, 6) is 1.41. The van der Waals surface area contributed by atoms with Crippen LogP contribution < -0.4 is 10.6 Å². The van der Waals surface area contributed by atoms with Gasteiger partial charge in [0.05, 0.1) is 11.4 Å². The van der Waals surface area contributed by atoms with Crippen molar-refractivity contribution in [2.45, 2.75) is 37.9 Å². The highest BCUT2D eigenvalue weighted by Crippen LogP contribution is 2.17. The molecule has 1 aromatic carbocycles. The highest BCUT2D eigenvalue weighted by molar-refractivity contribution is 7.89. The SMILES string of the molecule is CN=C(NCc1ccc(S(=O)(=O)N(C)C(C)C)cc1)NCc1ncnn1C. The molecular weight excluding hydrogens is 366 g/mol. The van der Waals surface area contributed by atoms with Crippen LogP contribution in [0.4, 0.5) is 0 Å². The molecule has 0 saturated carbocycles. The molecule has 148 valence electrons. The van der Waals surface area contributed by atoms with Crippen LogP contribution in [0.2, 0.25) is 0 Å². The number of nitrogens with zero attached hydrogens (tertiary/aromatic N) is 5. The molecule has 1 aromatic heterocycles. The zero-order valence-corrected chi connectivity index (χ0v) is 17.2. The highest BCUT2D eigenvalue weighted by Gasteiger charge is 2.22. The average molecular weight is 394 g/mol. The standard InChI is InChI=1S/C17H27N7O2S/c1-13(2)24(5)27(25,26)15-8-6-14(7-9-15)10-19-17(18-3)20-11-16-21-12-22-23(16)4/h6-9,12-13H,10-11H2,1-5H3,(H2,18,19,20). The number of benzene rings is 1. The first-order valence-electron chi connectivity index (χ1n) is 8.60. The Kier molecular flexibility index (Phi) is 6.92. The predicted octanol–water partition coefficient (Wildman–Crippen LogP) is 0.709. The van der Waals surface area contributed by atoms with E-state index in [1.165, 1.54) is 10.6 Å². The van der Waals surface area contributed by atoms with Gasteiger partial charge in [-0.05, 0) is 31.5 Å². The Morgan fingerprint density at radius 1 is 1.22 bits per heavy atom. The van der Waals surface area contributed by atoms with Gasteiger partial charge in [0.1, 0.15) is 12.2 Å². The van der Waals surface area contributed by atoms with Crippen molar-refractivity contribution in [2.75, 3.05) is 14.1 Å². The second-order valence-electron chi connectivity index (χ2n) is 6.34. The Bertz CT molecular complexity index is 873. The van der Waals surface area contributed by atoms with Gasteiger partial charge in [-0.25, -0.2) is 13.4 Å². The topological polar surface area (TPSA) is 105 Å². The van der Waals surface area contributed by atoms with Gasteiger partial charge in [-0.2, -0.15) is 9.40 Å². The number of hydrogen-bond acceptors (Lipinski definition) is 5. The maximum atomic E-state index is 12.5. The summed E-state index contributed by atoms with van der Waals surface area (Å²) in [5.41, 5.74) is 0.947. The van der Waals surface area contributed by atoms with Crippen molar-refractivity contribution < 1.29 is 8.42 Å². The number of aryl methyl sites for hydroxylation is 1. The predicted molar refractivity (Wildman–Crippen MR) is 105 cm³/mol. The quantitative estimate of drug-likeness (QED) is 0.530. The van der Waals surface area contributed by atoms with Gasteiger partial charge in [0.25, 0.3) is 0 Å². The Labute approximate surface area is 160 Å². The summed E-state index contributed by atoms with van der Waals surface area (Å²) < 4.78 is 28.0. The minimum atomic E-state index is -3.47. The normalized spacial score (nSPS) is 12.6. The van der Waals surface area contributed by atoms with Crippen molar-refractivity contribution in [3.8, 4) is 0 Å². The Balaban J connectivity index is 1.95. The van der Waals surface area contributed by atoms with Crippen LogP contribution in [0.5, 0.6) is 0 Å². The van der Waals surface area contributed by atoms with E-state index >= 15 is 0 Å². The maximum Gasteiger partial charge on any atom is 0.243 e. The molecule has 0 unspecified atom stereocenters. The van der Waals surface area contributed by atoms with Crippen LogP contribution in [-0.2, 0) is 30.2 Å². The van der Waals surface area contributed by atoms with Crippen molar-refractivity contribution >= 4 is 16.0 Å². The highest BCUT2D eigenvalue weighted by atomic mass is 32.2. The molecule has 2 rings (SSSR count). The van der Waals surface area contributed by atoms with Gasteiger partial charge < -0.3 is 10.6 Å². The van der Waals surface area contributed by atoms with E-state index < -0.39 is 10.0 Å². The molecule has 2 aromatic rings. The van der Waals surface area contributed by atoms with Crippen LogP contribution in [0.1, 0.15) is 25.2 Å². The lowest BCUT2D eigenvalue weighted by Crippen LogP contribution is -2.37. The first-order chi connectivity index (χ1) is 12.8. The second-order valence-corrected chi connectivity index (χ2v) is 8.34. The largest absolute Gasteiger partial charge is 0.352 e. The Morgan fingerprint density at radius 2 is 1.85 bits per heavy atom. The van der Waals surface area contributed by atoms with Gasteiger partial charge in [0, 0.05) is 33.7 Å². The fraction of sp³-hybridized carbons (Fsp3) is 0.471. The second kappa shape index (κ2) is 8.96. The van der Waals surface area contributed by atoms with Crippen LogP contribution >= 0.6 is 0 Å². The summed E-state index contributed by atoms with van der Waals surface area (Å²) >= 11 is 0. The van der Waals surface area contributed by atoms with E-state index in [0.29, 0.717) is 19.0 Å². The number of nitrogens with one attached hydrogen (secondary N) is 2. The minimum Gasteiger partial charge on any atom is -0.352 e. The van der Waals surface area contributed by atoms with Gasteiger partial charge in [0.15, 0.2) is 5.96 Å². The number of sulfonamides is 1. The lowest BCUT2D eigenvalue weighted by molar-refractivity contribution is 0.410. The van der Waals surface area contributed by atoms with E-state index in [9.17, 15) is 8.42 Å². The number of guanidine groups is 1. The van der Waals surface area contributed by atoms with Gasteiger partial charge in [-0.15, -0.1) is 0 Å². The van der Waals surface area contributed by atoms with Gasteiger partial charge in [-0.1, -0.05) is 12.1 Å². The first-order valence-corrected chi connectivity index (χ1v) is 10.0. The molecule has 0 radical (unpaired) electrons. The molecule has 0 amide bonds. The van der Waals surface area contributed by atoms with Gasteiger partial charge >= 0.3 is 0 Å². The zero-order valence-electron chi connectivity index (χ0n) is 16.3. The molecule has 0 bridgehead atoms. The van der Waals surface area contributed by atoms with Gasteiger partial charge in [0.2, 0.25) is 10.0 Å². The fourth-order valence-corrected chi connectivity index (χ4v) is 3.64. The van der Waals surface area contributed by atoms with E-state index in [1.807, 2.05) is 20.9 Å². The minimum absolute atomic E-state index is 0.0975. The Morgan fingerprint density at radius 3 is 2.37 bits per heavy atom. The molecule has 0 aliphatic carbocycles. The third-order valence-corrected chi connectivity index (χ3v) is 6.28. The van der Waals surface area contributed by atoms with Crippen LogP contribution in [0.3, 0.4) is 0 Å². The molecule has 0 spiro atoms. The van der Waals surface area contributed by atoms with E-state index in [4.69, 9.17) is 0 Å². The lowest BCUT2D eigenvalue weighted by Gasteiger charge is -2.21. The first kappa shape index (κ1) is 20.8. The molecule has 27 heavy (non-hydrogen) atoms. The summed E-state index contributed by atoms with van der Waals surface area (Å²) in [4.78, 5) is 8.60. The van der Waals surface area contributed by atoms with Crippen molar-refractivity contribution in [2.24, 2.45) is 12.0 Å². The molecule has 0 saturated heterocycles. The number of hydrogen-bond donors (Lipinski definition) is 2. The molecule has 9 nitrogen and oxygen atoms in total. The molecule has 2 N–H and O–H groups in total. The summed E-state index contributed by atoms with van der Waals surface area (Å²) in [7, 11) is 1.63. The van der Waals surface area contributed by atoms with Crippen molar-refractivity contribution in [3.63, 3.8) is 0 Å². The smallest absolute Gasteiger partial charge is 0.243 e. The summed E-state index contributed by atoms with van der Waals surface area (Å²) in [6.07, 6.45) is 1.50. The number of rotatable bonds is 7. The van der Waals surface area contributed by atoms with Crippen molar-refractivity contribution in [1.29, 1.82) is 0 Å². The molecule has 0 aliphatic rings. The molecule has 1 heterocycles. The molecule has 0 fully saturated rings. The number of aromatic nitrogens is 3. The van der Waals surface area contributed by atoms with E-state index in [2.05, 4.69) is 25.7 Å². The van der Waals surface area contributed by atoms with E-state index in [1.54, 1.807) is 43.0 Å². The third kappa shape index (κ3) is 5.27.